The standard InChI is InChI=1S/C21H19ClO3S.C5H10O/c1-10-13(9-16(26-10)11-3-5-12(22)6-4-11)17-20(23)18-14-7-8-15(25-14)19(18)21(17)24-2;1-5(2,3)4-6/h3-6,9,14-15,18-19H,7-8H2,1-2H3;4H,1-3H3/t14?,15?,18-,19+;/m1./s1. The van der Waals surface area contributed by atoms with Crippen molar-refractivity contribution in [3.8, 4) is 10.4 Å². The Morgan fingerprint density at radius 1 is 1.12 bits per heavy atom. The maximum Gasteiger partial charge on any atom is 0.173 e. The number of carbonyl (C=O) groups is 2. The summed E-state index contributed by atoms with van der Waals surface area (Å²) in [5.74, 6) is 1.06. The van der Waals surface area contributed by atoms with Gasteiger partial charge in [0.2, 0.25) is 0 Å². The summed E-state index contributed by atoms with van der Waals surface area (Å²) in [5, 5.41) is 0.723. The fourth-order valence-electron chi connectivity index (χ4n) is 4.79. The van der Waals surface area contributed by atoms with Crippen molar-refractivity contribution in [1.82, 2.24) is 0 Å². The predicted octanol–water partition coefficient (Wildman–Crippen LogP) is 6.34. The van der Waals surface area contributed by atoms with Gasteiger partial charge in [-0.05, 0) is 43.5 Å². The lowest BCUT2D eigenvalue weighted by Gasteiger charge is -2.21. The monoisotopic (exact) mass is 472 g/mol. The molecule has 1 aromatic heterocycles. The van der Waals surface area contributed by atoms with Gasteiger partial charge in [0.15, 0.2) is 5.78 Å². The first-order valence-corrected chi connectivity index (χ1v) is 12.1. The molecule has 2 aliphatic heterocycles. The summed E-state index contributed by atoms with van der Waals surface area (Å²) in [4.78, 5) is 25.4. The molecule has 3 heterocycles. The van der Waals surface area contributed by atoms with Crippen molar-refractivity contribution in [3.63, 3.8) is 0 Å². The second-order valence-corrected chi connectivity index (χ2v) is 11.4. The van der Waals surface area contributed by atoms with Crippen LogP contribution in [0.5, 0.6) is 0 Å². The van der Waals surface area contributed by atoms with Crippen LogP contribution >= 0.6 is 22.9 Å². The summed E-state index contributed by atoms with van der Waals surface area (Å²) in [6.07, 6.45) is 3.15. The molecule has 32 heavy (non-hydrogen) atoms. The number of thiophene rings is 1. The number of aryl methyl sites for hydroxylation is 1. The van der Waals surface area contributed by atoms with Crippen LogP contribution < -0.4 is 0 Å². The highest BCUT2D eigenvalue weighted by atomic mass is 35.5. The first-order chi connectivity index (χ1) is 15.1. The zero-order valence-electron chi connectivity index (χ0n) is 19.1. The molecule has 5 rings (SSSR count). The maximum absolute atomic E-state index is 13.3. The van der Waals surface area contributed by atoms with Crippen molar-refractivity contribution in [1.29, 1.82) is 0 Å². The molecule has 2 bridgehead atoms. The minimum Gasteiger partial charge on any atom is -0.500 e. The summed E-state index contributed by atoms with van der Waals surface area (Å²) >= 11 is 7.71. The Labute approximate surface area is 198 Å². The molecule has 0 radical (unpaired) electrons. The van der Waals surface area contributed by atoms with Crippen LogP contribution in [-0.2, 0) is 19.1 Å². The SMILES string of the molecule is CC(C)(C)C=O.COC1=C(c2cc(-c3ccc(Cl)cc3)sc2C)C(=O)[C@@H]2C3CCC(O3)[C@H]12. The number of hydrogen-bond donors (Lipinski definition) is 0. The van der Waals surface area contributed by atoms with E-state index < -0.39 is 0 Å². The van der Waals surface area contributed by atoms with Gasteiger partial charge in [-0.1, -0.05) is 44.5 Å². The Hall–Kier alpha value is -1.95. The molecule has 0 spiro atoms. The van der Waals surface area contributed by atoms with E-state index in [1.807, 2.05) is 45.0 Å². The number of rotatable bonds is 3. The molecule has 2 fully saturated rings. The van der Waals surface area contributed by atoms with Crippen molar-refractivity contribution < 1.29 is 19.1 Å². The molecule has 4 atom stereocenters. The average molecular weight is 473 g/mol. The number of ether oxygens (including phenoxy) is 2. The van der Waals surface area contributed by atoms with Crippen molar-refractivity contribution in [2.75, 3.05) is 7.11 Å². The first-order valence-electron chi connectivity index (χ1n) is 11.0. The Morgan fingerprint density at radius 3 is 2.28 bits per heavy atom. The van der Waals surface area contributed by atoms with Gasteiger partial charge >= 0.3 is 0 Å². The van der Waals surface area contributed by atoms with Crippen LogP contribution in [-0.4, -0.2) is 31.4 Å². The van der Waals surface area contributed by atoms with E-state index >= 15 is 0 Å². The van der Waals surface area contributed by atoms with Crippen molar-refractivity contribution >= 4 is 40.6 Å². The molecule has 2 aromatic rings. The normalized spacial score (nSPS) is 26.1. The fourth-order valence-corrected chi connectivity index (χ4v) is 5.95. The van der Waals surface area contributed by atoms with Gasteiger partial charge in [0.1, 0.15) is 12.0 Å². The van der Waals surface area contributed by atoms with Gasteiger partial charge in [-0.3, -0.25) is 4.79 Å². The van der Waals surface area contributed by atoms with Crippen LogP contribution in [0.3, 0.4) is 0 Å². The number of ketones is 1. The van der Waals surface area contributed by atoms with E-state index in [9.17, 15) is 9.59 Å². The van der Waals surface area contributed by atoms with E-state index in [1.54, 1.807) is 18.4 Å². The molecule has 4 nitrogen and oxygen atoms in total. The smallest absolute Gasteiger partial charge is 0.173 e. The molecule has 0 N–H and O–H groups in total. The quantitative estimate of drug-likeness (QED) is 0.489. The number of Topliss-reactive ketones (excluding diaryl/α,β-unsaturated/α-hetero) is 1. The van der Waals surface area contributed by atoms with E-state index in [-0.39, 0.29) is 35.2 Å². The van der Waals surface area contributed by atoms with E-state index in [0.29, 0.717) is 0 Å². The summed E-state index contributed by atoms with van der Waals surface area (Å²) in [6.45, 7) is 7.70. The number of benzene rings is 1. The highest BCUT2D eigenvalue weighted by Crippen LogP contribution is 2.55. The Bertz CT molecular complexity index is 1060. The molecular weight excluding hydrogens is 444 g/mol. The topological polar surface area (TPSA) is 52.6 Å². The number of hydrogen-bond acceptors (Lipinski definition) is 5. The van der Waals surface area contributed by atoms with Gasteiger partial charge in [0, 0.05) is 25.8 Å². The summed E-state index contributed by atoms with van der Waals surface area (Å²) < 4.78 is 11.8. The van der Waals surface area contributed by atoms with Crippen LogP contribution in [0.15, 0.2) is 36.1 Å². The van der Waals surface area contributed by atoms with E-state index in [2.05, 4.69) is 13.0 Å². The minimum absolute atomic E-state index is 0.0584. The lowest BCUT2D eigenvalue weighted by atomic mass is 9.80. The van der Waals surface area contributed by atoms with Crippen LogP contribution in [0.1, 0.15) is 44.1 Å². The number of methoxy groups -OCH3 is 1. The number of halogens is 1. The number of carbonyl (C=O) groups excluding carboxylic acids is 2. The van der Waals surface area contributed by atoms with Gasteiger partial charge in [-0.15, -0.1) is 11.3 Å². The molecule has 0 saturated carbocycles. The minimum atomic E-state index is -0.139. The molecule has 170 valence electrons. The van der Waals surface area contributed by atoms with Gasteiger partial charge in [0.05, 0.1) is 36.7 Å². The van der Waals surface area contributed by atoms with E-state index in [0.717, 1.165) is 56.4 Å². The third kappa shape index (κ3) is 4.18. The van der Waals surface area contributed by atoms with Crippen molar-refractivity contribution in [2.45, 2.75) is 52.7 Å². The van der Waals surface area contributed by atoms with Crippen molar-refractivity contribution in [2.24, 2.45) is 17.3 Å². The molecule has 1 aromatic carbocycles. The zero-order chi connectivity index (χ0) is 23.2. The Kier molecular flexibility index (Phi) is 6.36. The van der Waals surface area contributed by atoms with Gasteiger partial charge in [0.25, 0.3) is 0 Å². The van der Waals surface area contributed by atoms with Crippen LogP contribution in [0.25, 0.3) is 16.0 Å². The van der Waals surface area contributed by atoms with Crippen LogP contribution in [0, 0.1) is 24.2 Å². The van der Waals surface area contributed by atoms with Gasteiger partial charge in [-0.2, -0.15) is 0 Å². The highest BCUT2D eigenvalue weighted by Gasteiger charge is 2.59. The van der Waals surface area contributed by atoms with Gasteiger partial charge in [-0.25, -0.2) is 0 Å². The van der Waals surface area contributed by atoms with Crippen LogP contribution in [0.4, 0.5) is 0 Å². The Balaban J connectivity index is 0.000000363. The molecule has 1 aliphatic carbocycles. The second kappa shape index (κ2) is 8.77. The molecule has 2 saturated heterocycles. The van der Waals surface area contributed by atoms with Crippen molar-refractivity contribution in [3.05, 3.63) is 51.6 Å². The summed E-state index contributed by atoms with van der Waals surface area (Å²) in [7, 11) is 1.68. The third-order valence-corrected chi connectivity index (χ3v) is 7.61. The van der Waals surface area contributed by atoms with E-state index in [1.165, 1.54) is 0 Å². The zero-order valence-corrected chi connectivity index (χ0v) is 20.7. The molecular formula is C26H29ClO4S. The third-order valence-electron chi connectivity index (χ3n) is 6.26. The molecule has 6 heteroatoms. The first kappa shape index (κ1) is 23.2. The average Bonchev–Trinajstić information content (AvgIpc) is 3.50. The molecule has 2 unspecified atom stereocenters. The predicted molar refractivity (Wildman–Crippen MR) is 129 cm³/mol. The summed E-state index contributed by atoms with van der Waals surface area (Å²) in [5.41, 5.74) is 2.76. The maximum atomic E-state index is 13.3. The summed E-state index contributed by atoms with van der Waals surface area (Å²) in [6, 6.07) is 9.95. The fraction of sp³-hybridized carbons (Fsp3) is 0.462. The molecule has 0 amide bonds. The highest BCUT2D eigenvalue weighted by molar-refractivity contribution is 7.15. The number of allylic oxidation sites excluding steroid dienone is 1. The lowest BCUT2D eigenvalue weighted by Crippen LogP contribution is -2.29. The largest absolute Gasteiger partial charge is 0.500 e. The van der Waals surface area contributed by atoms with Gasteiger partial charge < -0.3 is 14.3 Å². The number of aldehydes is 1. The Morgan fingerprint density at radius 2 is 1.72 bits per heavy atom. The van der Waals surface area contributed by atoms with E-state index in [4.69, 9.17) is 21.1 Å². The lowest BCUT2D eigenvalue weighted by molar-refractivity contribution is -0.118. The molecule has 3 aliphatic rings. The van der Waals surface area contributed by atoms with Crippen LogP contribution in [0.2, 0.25) is 5.02 Å². The second-order valence-electron chi connectivity index (χ2n) is 9.72. The number of fused-ring (bicyclic) bond motifs is 5.